The van der Waals surface area contributed by atoms with Crippen LogP contribution >= 0.6 is 0 Å². The number of benzene rings is 1. The molecule has 0 aliphatic carbocycles. The molecule has 0 spiro atoms. The Balaban J connectivity index is 1.66. The minimum Gasteiger partial charge on any atom is -0.487 e. The molecule has 2 heterocycles. The number of fused-ring (bicyclic) bond motifs is 1. The molecule has 2 aliphatic heterocycles. The molecular formula is C20H31NO3. The van der Waals surface area contributed by atoms with Crippen LogP contribution in [0.2, 0.25) is 0 Å². The number of likely N-dealkylation sites (tertiary alicyclic amines) is 1. The first kappa shape index (κ1) is 17.7. The molecule has 1 atom stereocenters. The number of piperidine rings is 1. The summed E-state index contributed by atoms with van der Waals surface area (Å²) in [4.78, 5) is 2.48. The van der Waals surface area contributed by atoms with Crippen LogP contribution in [0.5, 0.6) is 5.75 Å². The maximum absolute atomic E-state index is 9.94. The molecule has 24 heavy (non-hydrogen) atoms. The summed E-state index contributed by atoms with van der Waals surface area (Å²) in [5.74, 6) is 1.03. The Kier molecular flexibility index (Phi) is 5.19. The zero-order valence-electron chi connectivity index (χ0n) is 15.3. The Bertz CT molecular complexity index is 572. The highest BCUT2D eigenvalue weighted by Gasteiger charge is 2.35. The van der Waals surface area contributed by atoms with Crippen LogP contribution in [0, 0.1) is 5.41 Å². The molecule has 1 saturated heterocycles. The van der Waals surface area contributed by atoms with E-state index in [0.29, 0.717) is 0 Å². The molecule has 0 bridgehead atoms. The summed E-state index contributed by atoms with van der Waals surface area (Å²) >= 11 is 0. The molecule has 0 unspecified atom stereocenters. The summed E-state index contributed by atoms with van der Waals surface area (Å²) in [6.45, 7) is 8.26. The first-order chi connectivity index (χ1) is 11.5. The summed E-state index contributed by atoms with van der Waals surface area (Å²) in [6, 6.07) is 6.60. The molecular weight excluding hydrogens is 302 g/mol. The van der Waals surface area contributed by atoms with Gasteiger partial charge in [-0.2, -0.15) is 0 Å². The second-order valence-electron chi connectivity index (χ2n) is 8.20. The van der Waals surface area contributed by atoms with Crippen LogP contribution in [0.25, 0.3) is 0 Å². The lowest BCUT2D eigenvalue weighted by molar-refractivity contribution is 0.00475. The first-order valence-corrected chi connectivity index (χ1v) is 9.08. The fourth-order valence-corrected chi connectivity index (χ4v) is 4.20. The lowest BCUT2D eigenvalue weighted by Gasteiger charge is -2.42. The molecule has 0 aromatic heterocycles. The number of aliphatic hydroxyl groups excluding tert-OH is 1. The van der Waals surface area contributed by atoms with Crippen LogP contribution in [-0.2, 0) is 17.7 Å². The lowest BCUT2D eigenvalue weighted by atomic mass is 9.78. The van der Waals surface area contributed by atoms with Crippen LogP contribution in [0.15, 0.2) is 18.2 Å². The van der Waals surface area contributed by atoms with Crippen molar-refractivity contribution in [3.05, 3.63) is 29.3 Å². The summed E-state index contributed by atoms with van der Waals surface area (Å²) in [5, 5.41) is 9.94. The highest BCUT2D eigenvalue weighted by molar-refractivity contribution is 5.41. The van der Waals surface area contributed by atoms with Gasteiger partial charge in [-0.05, 0) is 56.8 Å². The third kappa shape index (κ3) is 3.93. The molecule has 4 heteroatoms. The van der Waals surface area contributed by atoms with E-state index in [0.717, 1.165) is 57.7 Å². The predicted molar refractivity (Wildman–Crippen MR) is 95.4 cm³/mol. The minimum atomic E-state index is -0.0850. The first-order valence-electron chi connectivity index (χ1n) is 9.08. The van der Waals surface area contributed by atoms with Gasteiger partial charge in [0, 0.05) is 38.6 Å². The van der Waals surface area contributed by atoms with Gasteiger partial charge in [0.2, 0.25) is 0 Å². The van der Waals surface area contributed by atoms with Gasteiger partial charge in [-0.3, -0.25) is 4.90 Å². The average Bonchev–Trinajstić information content (AvgIpc) is 2.86. The third-order valence-corrected chi connectivity index (χ3v) is 5.45. The Labute approximate surface area is 145 Å². The van der Waals surface area contributed by atoms with Crippen molar-refractivity contribution < 1.29 is 14.6 Å². The van der Waals surface area contributed by atoms with Crippen LogP contribution in [0.1, 0.15) is 44.2 Å². The largest absolute Gasteiger partial charge is 0.487 e. The molecule has 2 aliphatic rings. The molecule has 1 aromatic rings. The molecule has 0 saturated carbocycles. The van der Waals surface area contributed by atoms with Gasteiger partial charge in [0.25, 0.3) is 0 Å². The molecule has 0 radical (unpaired) electrons. The van der Waals surface area contributed by atoms with E-state index in [1.165, 1.54) is 11.1 Å². The third-order valence-electron chi connectivity index (χ3n) is 5.45. The Hall–Kier alpha value is -1.10. The molecule has 1 fully saturated rings. The number of rotatable bonds is 6. The number of aliphatic hydroxyl groups is 1. The van der Waals surface area contributed by atoms with Crippen LogP contribution in [-0.4, -0.2) is 49.0 Å². The number of hydrogen-bond donors (Lipinski definition) is 1. The minimum absolute atomic E-state index is 0.00388. The second-order valence-corrected chi connectivity index (χ2v) is 8.20. The van der Waals surface area contributed by atoms with E-state index in [9.17, 15) is 5.11 Å². The molecule has 1 N–H and O–H groups in total. The fraction of sp³-hybridized carbons (Fsp3) is 0.700. The van der Waals surface area contributed by atoms with Gasteiger partial charge in [-0.1, -0.05) is 12.1 Å². The van der Waals surface area contributed by atoms with Crippen LogP contribution < -0.4 is 4.74 Å². The van der Waals surface area contributed by atoms with Crippen molar-refractivity contribution in [3.63, 3.8) is 0 Å². The summed E-state index contributed by atoms with van der Waals surface area (Å²) in [6.07, 6.45) is 4.15. The van der Waals surface area contributed by atoms with Gasteiger partial charge in [-0.15, -0.1) is 0 Å². The maximum atomic E-state index is 9.94. The van der Waals surface area contributed by atoms with Crippen LogP contribution in [0.4, 0.5) is 0 Å². The number of methoxy groups -OCH3 is 1. The van der Waals surface area contributed by atoms with Crippen molar-refractivity contribution in [2.45, 2.75) is 51.7 Å². The number of nitrogens with zero attached hydrogens (tertiary/aromatic N) is 1. The smallest absolute Gasteiger partial charge is 0.123 e. The maximum Gasteiger partial charge on any atom is 0.123 e. The van der Waals surface area contributed by atoms with E-state index in [4.69, 9.17) is 9.47 Å². The Morgan fingerprint density at radius 2 is 2.17 bits per heavy atom. The van der Waals surface area contributed by atoms with Crippen molar-refractivity contribution in [2.24, 2.45) is 5.41 Å². The van der Waals surface area contributed by atoms with Crippen molar-refractivity contribution in [2.75, 3.05) is 33.4 Å². The molecule has 0 amide bonds. The van der Waals surface area contributed by atoms with E-state index in [1.54, 1.807) is 7.11 Å². The number of hydrogen-bond acceptors (Lipinski definition) is 4. The van der Waals surface area contributed by atoms with Gasteiger partial charge in [-0.25, -0.2) is 0 Å². The zero-order valence-corrected chi connectivity index (χ0v) is 15.3. The summed E-state index contributed by atoms with van der Waals surface area (Å²) in [5.41, 5.74) is 2.58. The zero-order chi connectivity index (χ0) is 17.2. The molecule has 3 rings (SSSR count). The van der Waals surface area contributed by atoms with E-state index in [1.807, 2.05) is 0 Å². The SMILES string of the molecule is COCC[C@]1(CO)CCCN(Cc2ccc3c(c2)CC(C)(C)O3)C1. The van der Waals surface area contributed by atoms with E-state index in [2.05, 4.69) is 36.9 Å². The summed E-state index contributed by atoms with van der Waals surface area (Å²) in [7, 11) is 1.74. The van der Waals surface area contributed by atoms with Crippen molar-refractivity contribution >= 4 is 0 Å². The van der Waals surface area contributed by atoms with E-state index >= 15 is 0 Å². The van der Waals surface area contributed by atoms with Crippen molar-refractivity contribution in [3.8, 4) is 5.75 Å². The van der Waals surface area contributed by atoms with E-state index < -0.39 is 0 Å². The molecule has 1 aromatic carbocycles. The monoisotopic (exact) mass is 333 g/mol. The Morgan fingerprint density at radius 3 is 2.92 bits per heavy atom. The lowest BCUT2D eigenvalue weighted by Crippen LogP contribution is -2.45. The van der Waals surface area contributed by atoms with Gasteiger partial charge in [0.1, 0.15) is 11.4 Å². The number of ether oxygens (including phenoxy) is 2. The van der Waals surface area contributed by atoms with Gasteiger partial charge < -0.3 is 14.6 Å². The van der Waals surface area contributed by atoms with Crippen molar-refractivity contribution in [1.29, 1.82) is 0 Å². The normalized spacial score (nSPS) is 26.2. The van der Waals surface area contributed by atoms with Crippen LogP contribution in [0.3, 0.4) is 0 Å². The predicted octanol–water partition coefficient (Wildman–Crippen LogP) is 3.01. The standard InChI is InChI=1S/C20H31NO3/c1-19(2)12-17-11-16(5-6-18(17)24-19)13-21-9-4-7-20(14-21,15-22)8-10-23-3/h5-6,11,22H,4,7-10,12-15H2,1-3H3/t20-/m1/s1. The van der Waals surface area contributed by atoms with Gasteiger partial charge in [0.05, 0.1) is 6.61 Å². The average molecular weight is 333 g/mol. The van der Waals surface area contributed by atoms with Gasteiger partial charge in [0.15, 0.2) is 0 Å². The summed E-state index contributed by atoms with van der Waals surface area (Å²) < 4.78 is 11.2. The highest BCUT2D eigenvalue weighted by atomic mass is 16.5. The van der Waals surface area contributed by atoms with Crippen molar-refractivity contribution in [1.82, 2.24) is 4.90 Å². The second kappa shape index (κ2) is 7.03. The fourth-order valence-electron chi connectivity index (χ4n) is 4.20. The Morgan fingerprint density at radius 1 is 1.33 bits per heavy atom. The quantitative estimate of drug-likeness (QED) is 0.869. The van der Waals surface area contributed by atoms with Gasteiger partial charge >= 0.3 is 0 Å². The highest BCUT2D eigenvalue weighted by Crippen LogP contribution is 2.37. The topological polar surface area (TPSA) is 41.9 Å². The van der Waals surface area contributed by atoms with E-state index in [-0.39, 0.29) is 17.6 Å². The molecule has 134 valence electrons. The molecule has 4 nitrogen and oxygen atoms in total.